The van der Waals surface area contributed by atoms with Crippen molar-refractivity contribution in [3.05, 3.63) is 198 Å². The van der Waals surface area contributed by atoms with Crippen LogP contribution in [0.5, 0.6) is 0 Å². The van der Waals surface area contributed by atoms with Crippen LogP contribution in [0.2, 0.25) is 0 Å². The summed E-state index contributed by atoms with van der Waals surface area (Å²) in [6, 6.07) is 57.6. The molecule has 0 aliphatic rings. The molecular weight excluding hydrogens is 787 g/mol. The zero-order valence-electron chi connectivity index (χ0n) is 42.5. The fourth-order valence-corrected chi connectivity index (χ4v) is 9.12. The molecular formula is C62H61N3. The highest BCUT2D eigenvalue weighted by atomic mass is 15.1. The molecule has 0 fully saturated rings. The average molecular weight is 851 g/mol. The van der Waals surface area contributed by atoms with E-state index < -0.39 is 6.85 Å². The normalized spacial score (nSPS) is 13.1. The predicted octanol–water partition coefficient (Wildman–Crippen LogP) is 16.9. The Labute approximate surface area is 391 Å². The van der Waals surface area contributed by atoms with Crippen LogP contribution >= 0.6 is 0 Å². The van der Waals surface area contributed by atoms with Crippen LogP contribution in [0.3, 0.4) is 0 Å². The van der Waals surface area contributed by atoms with E-state index in [0.717, 1.165) is 83.9 Å². The summed E-state index contributed by atoms with van der Waals surface area (Å²) in [7, 11) is 0. The zero-order valence-corrected chi connectivity index (χ0v) is 39.5. The second-order valence-electron chi connectivity index (χ2n) is 20.7. The van der Waals surface area contributed by atoms with E-state index in [9.17, 15) is 0 Å². The van der Waals surface area contributed by atoms with Crippen LogP contribution in [0.15, 0.2) is 170 Å². The second-order valence-corrected chi connectivity index (χ2v) is 20.7. The highest BCUT2D eigenvalue weighted by molar-refractivity contribution is 5.98. The number of pyridine rings is 1. The van der Waals surface area contributed by atoms with E-state index in [0.29, 0.717) is 5.56 Å². The topological polar surface area (TPSA) is 30.7 Å². The minimum Gasteiger partial charge on any atom is -0.292 e. The molecule has 9 rings (SSSR count). The van der Waals surface area contributed by atoms with Gasteiger partial charge in [0.25, 0.3) is 0 Å². The second kappa shape index (κ2) is 16.6. The van der Waals surface area contributed by atoms with Crippen molar-refractivity contribution in [1.82, 2.24) is 14.5 Å². The lowest BCUT2D eigenvalue weighted by atomic mass is 9.77. The first kappa shape index (κ1) is 39.7. The van der Waals surface area contributed by atoms with E-state index in [1.54, 1.807) is 12.1 Å². The van der Waals surface area contributed by atoms with E-state index in [1.165, 1.54) is 22.3 Å². The number of fused-ring (bicyclic) bond motifs is 1. The molecule has 9 aromatic rings. The monoisotopic (exact) mass is 851 g/mol. The average Bonchev–Trinajstić information content (AvgIpc) is 3.70. The van der Waals surface area contributed by atoms with Crippen molar-refractivity contribution in [3.8, 4) is 72.8 Å². The first-order chi connectivity index (χ1) is 32.1. The molecule has 3 nitrogen and oxygen atoms in total. The van der Waals surface area contributed by atoms with E-state index >= 15 is 0 Å². The van der Waals surface area contributed by atoms with E-state index in [1.807, 2.05) is 30.5 Å². The summed E-state index contributed by atoms with van der Waals surface area (Å²) in [6.45, 7) is 20.8. The van der Waals surface area contributed by atoms with Gasteiger partial charge in [-0.1, -0.05) is 177 Å². The Balaban J connectivity index is 1.34. The summed E-state index contributed by atoms with van der Waals surface area (Å²) in [5.41, 5.74) is 19.4. The van der Waals surface area contributed by atoms with Gasteiger partial charge in [-0.15, -0.1) is 0 Å². The Kier molecular flexibility index (Phi) is 10.2. The van der Waals surface area contributed by atoms with Crippen LogP contribution in [-0.2, 0) is 16.2 Å². The first-order valence-corrected chi connectivity index (χ1v) is 22.8. The molecule has 0 unspecified atom stereocenters. The predicted molar refractivity (Wildman–Crippen MR) is 277 cm³/mol. The van der Waals surface area contributed by atoms with Gasteiger partial charge in [0.05, 0.1) is 22.4 Å². The van der Waals surface area contributed by atoms with Crippen LogP contribution in [0.1, 0.15) is 94.2 Å². The number of para-hydroxylation sites is 1. The fourth-order valence-electron chi connectivity index (χ4n) is 9.12. The van der Waals surface area contributed by atoms with Crippen molar-refractivity contribution in [2.24, 2.45) is 0 Å². The number of nitrogens with zero attached hydrogens (tertiary/aromatic N) is 3. The number of imidazole rings is 1. The molecule has 0 saturated heterocycles. The maximum absolute atomic E-state index is 7.89. The van der Waals surface area contributed by atoms with E-state index in [4.69, 9.17) is 14.1 Å². The number of aryl methyl sites for hydroxylation is 1. The lowest BCUT2D eigenvalue weighted by molar-refractivity contribution is 0.566. The number of hydrogen-bond acceptors (Lipinski definition) is 2. The molecule has 0 amide bonds. The highest BCUT2D eigenvalue weighted by Gasteiger charge is 2.28. The molecule has 7 aromatic carbocycles. The van der Waals surface area contributed by atoms with Crippen molar-refractivity contribution in [2.75, 3.05) is 0 Å². The quantitative estimate of drug-likeness (QED) is 0.160. The maximum Gasteiger partial charge on any atom is 0.146 e. The number of rotatable bonds is 7. The van der Waals surface area contributed by atoms with Crippen molar-refractivity contribution >= 4 is 11.0 Å². The van der Waals surface area contributed by atoms with Gasteiger partial charge in [-0.25, -0.2) is 4.98 Å². The SMILES string of the molecule is [2H]C([2H])([2H])c1ccc(-c2ccnc(-c3cc(-c4ccccc4)cc(-c4cccc5c4nc(-c4cc(C(C)(C)C)cc(C(C)(C)C)c4C)n5-c4ccc(C(C)(C)C)cc4-c4ccccc4)c3)c2)cc1. The summed E-state index contributed by atoms with van der Waals surface area (Å²) in [5.74, 6) is 0.903. The third-order valence-electron chi connectivity index (χ3n) is 12.8. The zero-order chi connectivity index (χ0) is 48.3. The van der Waals surface area contributed by atoms with Gasteiger partial charge >= 0.3 is 0 Å². The largest absolute Gasteiger partial charge is 0.292 e. The summed E-state index contributed by atoms with van der Waals surface area (Å²) in [4.78, 5) is 10.8. The molecule has 0 spiro atoms. The first-order valence-electron chi connectivity index (χ1n) is 24.3. The molecule has 3 heteroatoms. The molecule has 0 radical (unpaired) electrons. The van der Waals surface area contributed by atoms with Crippen molar-refractivity contribution < 1.29 is 4.11 Å². The van der Waals surface area contributed by atoms with E-state index in [-0.39, 0.29) is 16.2 Å². The summed E-state index contributed by atoms with van der Waals surface area (Å²) in [6.07, 6.45) is 1.83. The third-order valence-corrected chi connectivity index (χ3v) is 12.8. The molecule has 2 aromatic heterocycles. The smallest absolute Gasteiger partial charge is 0.146 e. The number of benzene rings is 7. The highest BCUT2D eigenvalue weighted by Crippen LogP contribution is 2.44. The maximum atomic E-state index is 7.89. The standard InChI is InChI=1S/C62H61N3/c1-40-25-27-43(28-26-40)45-31-32-63-55(36-45)48-34-46(42-19-14-12-15-20-42)33-47(35-48)51-23-18-24-57-58(51)64-59(52-38-50(61(6,7)8)39-54(41(52)2)62(9,10)11)65(57)56-30-29-49(60(3,4)5)37-53(56)44-21-16-13-17-22-44/h12-39H,1-11H3/i1D3. The summed E-state index contributed by atoms with van der Waals surface area (Å²) in [5, 5.41) is 0. The van der Waals surface area contributed by atoms with Gasteiger partial charge in [0.15, 0.2) is 0 Å². The third kappa shape index (κ3) is 8.61. The molecule has 0 saturated carbocycles. The van der Waals surface area contributed by atoms with Crippen LogP contribution in [-0.4, -0.2) is 14.5 Å². The van der Waals surface area contributed by atoms with E-state index in [2.05, 4.69) is 201 Å². The number of aromatic nitrogens is 3. The molecule has 324 valence electrons. The molecule has 0 aliphatic carbocycles. The minimum absolute atomic E-state index is 0.0610. The molecule has 0 N–H and O–H groups in total. The van der Waals surface area contributed by atoms with Gasteiger partial charge in [0.2, 0.25) is 0 Å². The van der Waals surface area contributed by atoms with Crippen molar-refractivity contribution in [1.29, 1.82) is 0 Å². The van der Waals surface area contributed by atoms with Gasteiger partial charge in [0.1, 0.15) is 5.82 Å². The summed E-state index contributed by atoms with van der Waals surface area (Å²) >= 11 is 0. The summed E-state index contributed by atoms with van der Waals surface area (Å²) < 4.78 is 26.1. The van der Waals surface area contributed by atoms with Crippen LogP contribution in [0, 0.1) is 13.8 Å². The molecule has 2 heterocycles. The molecule has 65 heavy (non-hydrogen) atoms. The molecule has 0 aliphatic heterocycles. The van der Waals surface area contributed by atoms with Crippen molar-refractivity contribution in [2.45, 2.75) is 92.3 Å². The molecule has 0 bridgehead atoms. The Bertz CT molecular complexity index is 3300. The van der Waals surface area contributed by atoms with Crippen LogP contribution in [0.4, 0.5) is 0 Å². The minimum atomic E-state index is -2.17. The lowest BCUT2D eigenvalue weighted by Gasteiger charge is -2.29. The number of hydrogen-bond donors (Lipinski definition) is 0. The Morgan fingerprint density at radius 3 is 1.75 bits per heavy atom. The fraction of sp³-hybridized carbons (Fsp3) is 0.226. The Hall–Kier alpha value is -6.84. The van der Waals surface area contributed by atoms with Gasteiger partial charge in [0, 0.05) is 32.6 Å². The Morgan fingerprint density at radius 2 is 1.09 bits per heavy atom. The van der Waals surface area contributed by atoms with Gasteiger partial charge in [-0.05, 0) is 140 Å². The van der Waals surface area contributed by atoms with Crippen molar-refractivity contribution in [3.63, 3.8) is 0 Å². The molecule has 0 atom stereocenters. The Morgan fingerprint density at radius 1 is 0.462 bits per heavy atom. The van der Waals surface area contributed by atoms with Gasteiger partial charge < -0.3 is 0 Å². The lowest BCUT2D eigenvalue weighted by Crippen LogP contribution is -2.19. The van der Waals surface area contributed by atoms with Crippen LogP contribution < -0.4 is 0 Å². The van der Waals surface area contributed by atoms with Gasteiger partial charge in [-0.2, -0.15) is 0 Å². The van der Waals surface area contributed by atoms with Gasteiger partial charge in [-0.3, -0.25) is 9.55 Å². The van der Waals surface area contributed by atoms with Crippen LogP contribution in [0.25, 0.3) is 83.9 Å².